The van der Waals surface area contributed by atoms with Crippen molar-refractivity contribution in [2.45, 2.75) is 31.0 Å². The Morgan fingerprint density at radius 2 is 1.64 bits per heavy atom. The van der Waals surface area contributed by atoms with Gasteiger partial charge >= 0.3 is 6.61 Å². The molecule has 5 rings (SSSR count). The molecule has 168 valence electrons. The number of carbonyl (C=O) groups is 2. The molecule has 0 spiro atoms. The number of alkyl halides is 2. The quantitative estimate of drug-likeness (QED) is 0.581. The number of hydrogen-bond donors (Lipinski definition) is 1. The Bertz CT molecular complexity index is 1200. The highest BCUT2D eigenvalue weighted by atomic mass is 19.3. The fourth-order valence-corrected chi connectivity index (χ4v) is 5.27. The Morgan fingerprint density at radius 3 is 2.27 bits per heavy atom. The van der Waals surface area contributed by atoms with E-state index >= 15 is 0 Å². The zero-order valence-corrected chi connectivity index (χ0v) is 17.7. The van der Waals surface area contributed by atoms with Gasteiger partial charge in [0.1, 0.15) is 11.8 Å². The molecule has 2 unspecified atom stereocenters. The first-order valence-corrected chi connectivity index (χ1v) is 10.7. The van der Waals surface area contributed by atoms with Gasteiger partial charge in [-0.15, -0.1) is 0 Å². The number of nitrogens with zero attached hydrogens (tertiary/aromatic N) is 1. The number of carbonyl (C=O) groups excluding carboxylic acids is 2. The number of halogens is 2. The summed E-state index contributed by atoms with van der Waals surface area (Å²) in [6, 6.07) is 21.6. The third-order valence-electron chi connectivity index (χ3n) is 6.65. The first-order chi connectivity index (χ1) is 15.9. The van der Waals surface area contributed by atoms with Gasteiger partial charge in [-0.05, 0) is 48.1 Å². The Kier molecular flexibility index (Phi) is 5.12. The summed E-state index contributed by atoms with van der Waals surface area (Å²) >= 11 is 0. The van der Waals surface area contributed by atoms with Crippen molar-refractivity contribution >= 4 is 11.8 Å². The minimum absolute atomic E-state index is 0.0202. The second-order valence-corrected chi connectivity index (χ2v) is 8.45. The summed E-state index contributed by atoms with van der Waals surface area (Å²) in [6.07, 6.45) is 1.10. The molecule has 33 heavy (non-hydrogen) atoms. The average molecular weight is 448 g/mol. The third kappa shape index (κ3) is 3.44. The molecule has 0 heterocycles. The van der Waals surface area contributed by atoms with E-state index in [1.807, 2.05) is 12.1 Å². The van der Waals surface area contributed by atoms with Crippen LogP contribution in [0, 0.1) is 5.92 Å². The van der Waals surface area contributed by atoms with Gasteiger partial charge in [0, 0.05) is 11.1 Å². The first-order valence-electron chi connectivity index (χ1n) is 10.7. The van der Waals surface area contributed by atoms with Crippen molar-refractivity contribution in [3.63, 3.8) is 0 Å². The van der Waals surface area contributed by atoms with Gasteiger partial charge < -0.3 is 15.4 Å². The molecule has 0 aliphatic heterocycles. The topological polar surface area (TPSA) is 72.6 Å². The summed E-state index contributed by atoms with van der Waals surface area (Å²) in [4.78, 5) is 28.3. The zero-order chi connectivity index (χ0) is 23.2. The summed E-state index contributed by atoms with van der Waals surface area (Å²) in [7, 11) is 0. The minimum atomic E-state index is -2.95. The zero-order valence-electron chi connectivity index (χ0n) is 17.7. The SMILES string of the molecule is NC(=O)[C@H](c1ccccc1)N(C(=O)c1ccccc1)C12CC1Cc1c(OC(F)F)cccc12. The van der Waals surface area contributed by atoms with Gasteiger partial charge in [-0.25, -0.2) is 0 Å². The van der Waals surface area contributed by atoms with Gasteiger partial charge in [-0.1, -0.05) is 60.7 Å². The lowest BCUT2D eigenvalue weighted by Gasteiger charge is -2.38. The summed E-state index contributed by atoms with van der Waals surface area (Å²) in [5.41, 5.74) is 7.48. The normalized spacial score (nSPS) is 21.1. The third-order valence-corrected chi connectivity index (χ3v) is 6.65. The van der Waals surface area contributed by atoms with Crippen LogP contribution in [-0.2, 0) is 16.8 Å². The molecule has 0 aromatic heterocycles. The lowest BCUT2D eigenvalue weighted by atomic mass is 9.94. The minimum Gasteiger partial charge on any atom is -0.435 e. The van der Waals surface area contributed by atoms with Crippen molar-refractivity contribution < 1.29 is 23.1 Å². The fourth-order valence-electron chi connectivity index (χ4n) is 5.27. The van der Waals surface area contributed by atoms with Crippen LogP contribution in [0.15, 0.2) is 78.9 Å². The van der Waals surface area contributed by atoms with Crippen LogP contribution in [0.1, 0.15) is 39.5 Å². The highest BCUT2D eigenvalue weighted by Gasteiger charge is 2.67. The molecule has 2 amide bonds. The van der Waals surface area contributed by atoms with Crippen LogP contribution in [0.2, 0.25) is 0 Å². The second kappa shape index (κ2) is 7.99. The number of primary amides is 1. The van der Waals surface area contributed by atoms with E-state index in [1.165, 1.54) is 6.07 Å². The number of nitrogens with two attached hydrogens (primary N) is 1. The van der Waals surface area contributed by atoms with Crippen LogP contribution in [0.4, 0.5) is 8.78 Å². The number of amides is 2. The fraction of sp³-hybridized carbons (Fsp3) is 0.231. The molecule has 5 nitrogen and oxygen atoms in total. The predicted octanol–water partition coefficient (Wildman–Crippen LogP) is 4.43. The number of ether oxygens (including phenoxy) is 1. The largest absolute Gasteiger partial charge is 0.435 e. The van der Waals surface area contributed by atoms with Gasteiger partial charge in [0.25, 0.3) is 5.91 Å². The van der Waals surface area contributed by atoms with Crippen molar-refractivity contribution in [2.24, 2.45) is 11.7 Å². The van der Waals surface area contributed by atoms with Crippen LogP contribution >= 0.6 is 0 Å². The van der Waals surface area contributed by atoms with Gasteiger partial charge in [-0.3, -0.25) is 9.59 Å². The van der Waals surface area contributed by atoms with Gasteiger partial charge in [-0.2, -0.15) is 8.78 Å². The molecule has 0 radical (unpaired) electrons. The number of benzene rings is 3. The Labute approximate surface area is 189 Å². The van der Waals surface area contributed by atoms with Gasteiger partial charge in [0.05, 0.1) is 5.54 Å². The summed E-state index contributed by atoms with van der Waals surface area (Å²) < 4.78 is 30.8. The highest BCUT2D eigenvalue weighted by Crippen LogP contribution is 2.66. The van der Waals surface area contributed by atoms with Gasteiger partial charge in [0.15, 0.2) is 0 Å². The van der Waals surface area contributed by atoms with Crippen molar-refractivity contribution in [1.82, 2.24) is 4.90 Å². The van der Waals surface area contributed by atoms with Crippen LogP contribution in [-0.4, -0.2) is 23.3 Å². The van der Waals surface area contributed by atoms with Crippen molar-refractivity contribution in [2.75, 3.05) is 0 Å². The Hall–Kier alpha value is -3.74. The molecule has 3 aromatic rings. The Morgan fingerprint density at radius 1 is 0.970 bits per heavy atom. The predicted molar refractivity (Wildman–Crippen MR) is 118 cm³/mol. The van der Waals surface area contributed by atoms with Crippen molar-refractivity contribution in [3.8, 4) is 5.75 Å². The molecule has 3 atom stereocenters. The van der Waals surface area contributed by atoms with E-state index in [0.29, 0.717) is 29.5 Å². The van der Waals surface area contributed by atoms with E-state index in [4.69, 9.17) is 10.5 Å². The molecular formula is C26H22F2N2O3. The van der Waals surface area contributed by atoms with E-state index < -0.39 is 24.1 Å². The van der Waals surface area contributed by atoms with Crippen molar-refractivity contribution in [3.05, 3.63) is 101 Å². The molecule has 3 aromatic carbocycles. The maximum Gasteiger partial charge on any atom is 0.387 e. The standard InChI is InChI=1S/C26H22F2N2O3/c27-25(28)33-21-13-7-12-20-19(21)14-18-15-26(18,20)30(24(32)17-10-5-2-6-11-17)22(23(29)31)16-8-3-1-4-9-16/h1-13,18,22,25H,14-15H2,(H2,29,31)/t18?,22-,26?/m0/s1. The summed E-state index contributed by atoms with van der Waals surface area (Å²) in [5.74, 6) is -0.901. The molecule has 2 N–H and O–H groups in total. The number of hydrogen-bond acceptors (Lipinski definition) is 3. The monoisotopic (exact) mass is 448 g/mol. The number of rotatable bonds is 7. The maximum absolute atomic E-state index is 13.9. The van der Waals surface area contributed by atoms with Crippen LogP contribution in [0.5, 0.6) is 5.75 Å². The van der Waals surface area contributed by atoms with Crippen LogP contribution in [0.25, 0.3) is 0 Å². The van der Waals surface area contributed by atoms with Gasteiger partial charge in [0.2, 0.25) is 5.91 Å². The van der Waals surface area contributed by atoms with E-state index in [9.17, 15) is 18.4 Å². The number of fused-ring (bicyclic) bond motifs is 3. The smallest absolute Gasteiger partial charge is 0.387 e. The van der Waals surface area contributed by atoms with Crippen LogP contribution < -0.4 is 10.5 Å². The highest BCUT2D eigenvalue weighted by molar-refractivity contribution is 5.99. The molecule has 1 fully saturated rings. The second-order valence-electron chi connectivity index (χ2n) is 8.45. The van der Waals surface area contributed by atoms with E-state index in [0.717, 1.165) is 5.56 Å². The maximum atomic E-state index is 13.9. The average Bonchev–Trinajstić information content (AvgIpc) is 3.43. The molecule has 2 aliphatic rings. The molecular weight excluding hydrogens is 426 g/mol. The molecule has 1 saturated carbocycles. The van der Waals surface area contributed by atoms with Crippen LogP contribution in [0.3, 0.4) is 0 Å². The summed E-state index contributed by atoms with van der Waals surface area (Å²) in [6.45, 7) is -2.95. The molecule has 2 aliphatic carbocycles. The lowest BCUT2D eigenvalue weighted by Crippen LogP contribution is -2.48. The molecule has 7 heteroatoms. The van der Waals surface area contributed by atoms with Crippen molar-refractivity contribution in [1.29, 1.82) is 0 Å². The summed E-state index contributed by atoms with van der Waals surface area (Å²) in [5, 5.41) is 0. The lowest BCUT2D eigenvalue weighted by molar-refractivity contribution is -0.124. The first kappa shape index (κ1) is 21.1. The van der Waals surface area contributed by atoms with E-state index in [-0.39, 0.29) is 17.6 Å². The molecule has 0 saturated heterocycles. The van der Waals surface area contributed by atoms with E-state index in [1.54, 1.807) is 65.6 Å². The Balaban J connectivity index is 1.68. The van der Waals surface area contributed by atoms with E-state index in [2.05, 4.69) is 0 Å². The molecule has 0 bridgehead atoms.